The summed E-state index contributed by atoms with van der Waals surface area (Å²) in [5, 5.41) is 12.3. The number of halogens is 2. The van der Waals surface area contributed by atoms with Crippen LogP contribution in [0.3, 0.4) is 0 Å². The first kappa shape index (κ1) is 15.9. The summed E-state index contributed by atoms with van der Waals surface area (Å²) in [4.78, 5) is 19.5. The lowest BCUT2D eigenvalue weighted by Gasteiger charge is -2.10. The number of hydrogen-bond acceptors (Lipinski definition) is 2. The van der Waals surface area contributed by atoms with Crippen LogP contribution in [0.5, 0.6) is 0 Å². The van der Waals surface area contributed by atoms with Gasteiger partial charge in [-0.25, -0.2) is 9.78 Å². The van der Waals surface area contributed by atoms with E-state index in [1.54, 1.807) is 25.1 Å². The van der Waals surface area contributed by atoms with E-state index in [1.807, 2.05) is 24.3 Å². The number of carboxylic acid groups (broad SMARTS) is 1. The highest BCUT2D eigenvalue weighted by Gasteiger charge is 2.21. The van der Waals surface area contributed by atoms with E-state index in [2.05, 4.69) is 9.97 Å². The summed E-state index contributed by atoms with van der Waals surface area (Å²) in [7, 11) is 0. The summed E-state index contributed by atoms with van der Waals surface area (Å²) >= 11 is 12.3. The Balaban J connectivity index is 2.20. The Morgan fingerprint density at radius 2 is 1.92 bits per heavy atom. The molecule has 124 valence electrons. The summed E-state index contributed by atoms with van der Waals surface area (Å²) < 4.78 is 0. The molecule has 4 rings (SSSR count). The number of carbonyl (C=O) groups is 1. The molecule has 0 aliphatic carbocycles. The van der Waals surface area contributed by atoms with Gasteiger partial charge in [-0.2, -0.15) is 0 Å². The fourth-order valence-corrected chi connectivity index (χ4v) is 3.66. The minimum atomic E-state index is -1.07. The molecule has 0 saturated carbocycles. The molecule has 0 radical (unpaired) electrons. The molecule has 0 amide bonds. The van der Waals surface area contributed by atoms with Gasteiger partial charge in [0.1, 0.15) is 0 Å². The molecule has 0 atom stereocenters. The highest BCUT2D eigenvalue weighted by molar-refractivity contribution is 6.36. The molecule has 0 bridgehead atoms. The van der Waals surface area contributed by atoms with Crippen molar-refractivity contribution < 1.29 is 9.90 Å². The number of benzene rings is 2. The van der Waals surface area contributed by atoms with Crippen LogP contribution in [0.2, 0.25) is 10.0 Å². The molecular weight excluding hydrogens is 359 g/mol. The highest BCUT2D eigenvalue weighted by atomic mass is 35.5. The lowest BCUT2D eigenvalue weighted by atomic mass is 10.0. The minimum absolute atomic E-state index is 0.0123. The van der Waals surface area contributed by atoms with Gasteiger partial charge in [-0.05, 0) is 36.8 Å². The van der Waals surface area contributed by atoms with Crippen LogP contribution in [-0.4, -0.2) is 21.0 Å². The molecule has 2 aromatic carbocycles. The van der Waals surface area contributed by atoms with E-state index < -0.39 is 5.97 Å². The lowest BCUT2D eigenvalue weighted by Crippen LogP contribution is -2.05. The standard InChI is InChI=1S/C19H12Cl2N2O2/c1-9-15-12-4-2-3-5-14(12)22-18(15)17(23-16(9)19(24)25)11-7-6-10(20)8-13(11)21/h2-8,22H,1H3,(H,24,25). The Morgan fingerprint density at radius 1 is 1.16 bits per heavy atom. The largest absolute Gasteiger partial charge is 0.477 e. The smallest absolute Gasteiger partial charge is 0.354 e. The molecule has 25 heavy (non-hydrogen) atoms. The summed E-state index contributed by atoms with van der Waals surface area (Å²) in [6.07, 6.45) is 0. The van der Waals surface area contributed by atoms with Crippen LogP contribution in [0.25, 0.3) is 33.1 Å². The Hall–Kier alpha value is -2.56. The van der Waals surface area contributed by atoms with Crippen molar-refractivity contribution in [1.29, 1.82) is 0 Å². The van der Waals surface area contributed by atoms with Crippen molar-refractivity contribution in [2.45, 2.75) is 6.92 Å². The van der Waals surface area contributed by atoms with Gasteiger partial charge in [0.05, 0.1) is 16.2 Å². The predicted octanol–water partition coefficient (Wildman–Crippen LogP) is 5.70. The fraction of sp³-hybridized carbons (Fsp3) is 0.0526. The number of pyridine rings is 1. The molecule has 0 aliphatic rings. The number of aromatic amines is 1. The molecule has 6 heteroatoms. The van der Waals surface area contributed by atoms with E-state index in [-0.39, 0.29) is 5.69 Å². The van der Waals surface area contributed by atoms with Gasteiger partial charge in [-0.1, -0.05) is 41.4 Å². The van der Waals surface area contributed by atoms with Gasteiger partial charge in [0.2, 0.25) is 0 Å². The van der Waals surface area contributed by atoms with Crippen LogP contribution in [-0.2, 0) is 0 Å². The number of rotatable bonds is 2. The number of aromatic nitrogens is 2. The van der Waals surface area contributed by atoms with Crippen LogP contribution in [0, 0.1) is 6.92 Å². The van der Waals surface area contributed by atoms with Crippen molar-refractivity contribution in [1.82, 2.24) is 9.97 Å². The number of aryl methyl sites for hydroxylation is 1. The molecule has 0 fully saturated rings. The first-order valence-electron chi connectivity index (χ1n) is 7.57. The van der Waals surface area contributed by atoms with Gasteiger partial charge in [0.15, 0.2) is 5.69 Å². The van der Waals surface area contributed by atoms with Gasteiger partial charge >= 0.3 is 5.97 Å². The third-order valence-corrected chi connectivity index (χ3v) is 4.83. The van der Waals surface area contributed by atoms with Gasteiger partial charge in [0, 0.05) is 26.9 Å². The average molecular weight is 371 g/mol. The second-order valence-electron chi connectivity index (χ2n) is 5.78. The minimum Gasteiger partial charge on any atom is -0.477 e. The van der Waals surface area contributed by atoms with Crippen molar-refractivity contribution in [3.05, 3.63) is 63.8 Å². The molecule has 4 aromatic rings. The monoisotopic (exact) mass is 370 g/mol. The number of para-hydroxylation sites is 1. The maximum atomic E-state index is 11.7. The molecule has 2 aromatic heterocycles. The van der Waals surface area contributed by atoms with Gasteiger partial charge in [-0.15, -0.1) is 0 Å². The van der Waals surface area contributed by atoms with Crippen LogP contribution < -0.4 is 0 Å². The van der Waals surface area contributed by atoms with E-state index in [1.165, 1.54) is 0 Å². The number of hydrogen-bond donors (Lipinski definition) is 2. The zero-order chi connectivity index (χ0) is 17.7. The number of fused-ring (bicyclic) bond motifs is 3. The van der Waals surface area contributed by atoms with Crippen LogP contribution >= 0.6 is 23.2 Å². The molecule has 0 saturated heterocycles. The maximum Gasteiger partial charge on any atom is 0.354 e. The van der Waals surface area contributed by atoms with Crippen LogP contribution in [0.15, 0.2) is 42.5 Å². The molecular formula is C19H12Cl2N2O2. The number of carboxylic acids is 1. The predicted molar refractivity (Wildman–Crippen MR) is 101 cm³/mol. The van der Waals surface area contributed by atoms with Crippen molar-refractivity contribution in [3.63, 3.8) is 0 Å². The Morgan fingerprint density at radius 3 is 2.64 bits per heavy atom. The Bertz CT molecular complexity index is 1170. The normalized spacial score (nSPS) is 11.3. The summed E-state index contributed by atoms with van der Waals surface area (Å²) in [5.41, 5.74) is 3.43. The number of nitrogens with one attached hydrogen (secondary N) is 1. The van der Waals surface area contributed by atoms with Gasteiger partial charge in [0.25, 0.3) is 0 Å². The van der Waals surface area contributed by atoms with E-state index in [0.29, 0.717) is 26.9 Å². The molecule has 0 aliphatic heterocycles. The zero-order valence-electron chi connectivity index (χ0n) is 13.1. The molecule has 2 N–H and O–H groups in total. The summed E-state index contributed by atoms with van der Waals surface area (Å²) in [5.74, 6) is -1.07. The first-order chi connectivity index (χ1) is 12.0. The maximum absolute atomic E-state index is 11.7. The Kier molecular flexibility index (Phi) is 3.67. The fourth-order valence-electron chi connectivity index (χ4n) is 3.16. The first-order valence-corrected chi connectivity index (χ1v) is 8.32. The number of H-pyrrole nitrogens is 1. The van der Waals surface area contributed by atoms with Crippen LogP contribution in [0.1, 0.15) is 16.1 Å². The van der Waals surface area contributed by atoms with E-state index in [4.69, 9.17) is 23.2 Å². The van der Waals surface area contributed by atoms with Crippen LogP contribution in [0.4, 0.5) is 0 Å². The Labute approximate surface area is 153 Å². The van der Waals surface area contributed by atoms with E-state index in [0.717, 1.165) is 21.8 Å². The van der Waals surface area contributed by atoms with Crippen molar-refractivity contribution in [2.75, 3.05) is 0 Å². The zero-order valence-corrected chi connectivity index (χ0v) is 14.6. The highest BCUT2D eigenvalue weighted by Crippen LogP contribution is 2.38. The topological polar surface area (TPSA) is 66.0 Å². The molecule has 0 unspecified atom stereocenters. The quantitative estimate of drug-likeness (QED) is 0.475. The van der Waals surface area contributed by atoms with Crippen molar-refractivity contribution >= 4 is 51.0 Å². The van der Waals surface area contributed by atoms with E-state index >= 15 is 0 Å². The average Bonchev–Trinajstić information content (AvgIpc) is 2.95. The second-order valence-corrected chi connectivity index (χ2v) is 6.63. The molecule has 2 heterocycles. The second kappa shape index (κ2) is 5.76. The SMILES string of the molecule is Cc1c(C(=O)O)nc(-c2ccc(Cl)cc2Cl)c2[nH]c3ccccc3c12. The third-order valence-electron chi connectivity index (χ3n) is 4.29. The summed E-state index contributed by atoms with van der Waals surface area (Å²) in [6, 6.07) is 12.8. The van der Waals surface area contributed by atoms with Crippen molar-refractivity contribution in [2.24, 2.45) is 0 Å². The number of nitrogens with zero attached hydrogens (tertiary/aromatic N) is 1. The molecule has 0 spiro atoms. The third kappa shape index (κ3) is 2.46. The van der Waals surface area contributed by atoms with E-state index in [9.17, 15) is 9.90 Å². The van der Waals surface area contributed by atoms with Gasteiger partial charge < -0.3 is 10.1 Å². The number of aromatic carboxylic acids is 1. The summed E-state index contributed by atoms with van der Waals surface area (Å²) in [6.45, 7) is 1.77. The lowest BCUT2D eigenvalue weighted by molar-refractivity contribution is 0.0690. The molecule has 4 nitrogen and oxygen atoms in total. The van der Waals surface area contributed by atoms with Crippen molar-refractivity contribution in [3.8, 4) is 11.3 Å². The van der Waals surface area contributed by atoms with Gasteiger partial charge in [-0.3, -0.25) is 0 Å².